The summed E-state index contributed by atoms with van der Waals surface area (Å²) in [5, 5.41) is 6.43. The molecule has 0 aliphatic carbocycles. The highest BCUT2D eigenvalue weighted by Crippen LogP contribution is 2.22. The van der Waals surface area contributed by atoms with Crippen molar-refractivity contribution in [2.24, 2.45) is 5.10 Å². The summed E-state index contributed by atoms with van der Waals surface area (Å²) in [6, 6.07) is 18.1. The lowest BCUT2D eigenvalue weighted by atomic mass is 10.1. The number of rotatable bonds is 7. The molecule has 3 rings (SSSR count). The second kappa shape index (κ2) is 10.5. The second-order valence-electron chi connectivity index (χ2n) is 6.56. The minimum Gasteiger partial charge on any atom is -0.483 e. The predicted molar refractivity (Wildman–Crippen MR) is 121 cm³/mol. The van der Waals surface area contributed by atoms with Gasteiger partial charge in [0, 0.05) is 15.6 Å². The summed E-state index contributed by atoms with van der Waals surface area (Å²) in [4.78, 5) is 24.3. The van der Waals surface area contributed by atoms with E-state index in [0.29, 0.717) is 16.9 Å². The van der Waals surface area contributed by atoms with Crippen LogP contribution in [0.2, 0.25) is 0 Å². The Morgan fingerprint density at radius 3 is 2.58 bits per heavy atom. The van der Waals surface area contributed by atoms with E-state index in [1.165, 1.54) is 24.4 Å². The van der Waals surface area contributed by atoms with E-state index in [2.05, 4.69) is 31.8 Å². The number of para-hydroxylation sites is 1. The van der Waals surface area contributed by atoms with E-state index in [4.69, 9.17) is 4.74 Å². The molecule has 0 radical (unpaired) electrons. The molecule has 0 bridgehead atoms. The number of nitrogens with zero attached hydrogens (tertiary/aromatic N) is 1. The number of anilines is 1. The number of hydrogen-bond acceptors (Lipinski definition) is 4. The number of nitrogens with one attached hydrogen (secondary N) is 2. The first-order chi connectivity index (χ1) is 14.9. The molecule has 0 aliphatic rings. The largest absolute Gasteiger partial charge is 0.483 e. The smallest absolute Gasteiger partial charge is 0.271 e. The zero-order valence-electron chi connectivity index (χ0n) is 16.6. The average molecular weight is 484 g/mol. The molecule has 0 saturated carbocycles. The van der Waals surface area contributed by atoms with E-state index < -0.39 is 11.7 Å². The first-order valence-corrected chi connectivity index (χ1v) is 10.1. The summed E-state index contributed by atoms with van der Waals surface area (Å²) in [6.45, 7) is 1.61. The van der Waals surface area contributed by atoms with Crippen molar-refractivity contribution in [1.82, 2.24) is 5.43 Å². The molecule has 0 unspecified atom stereocenters. The molecule has 3 aromatic rings. The molecule has 2 amide bonds. The second-order valence-corrected chi connectivity index (χ2v) is 7.48. The van der Waals surface area contributed by atoms with Crippen molar-refractivity contribution in [3.8, 4) is 5.75 Å². The lowest BCUT2D eigenvalue weighted by molar-refractivity contribution is -0.118. The Hall–Kier alpha value is -3.52. The molecule has 0 fully saturated rings. The molecule has 0 saturated heterocycles. The minimum atomic E-state index is -0.531. The fraction of sp³-hybridized carbons (Fsp3) is 0.0870. The molecule has 2 N–H and O–H groups in total. The van der Waals surface area contributed by atoms with Gasteiger partial charge in [0.05, 0.1) is 11.9 Å². The van der Waals surface area contributed by atoms with Crippen LogP contribution in [0.5, 0.6) is 5.75 Å². The number of benzene rings is 3. The van der Waals surface area contributed by atoms with Crippen LogP contribution in [-0.4, -0.2) is 24.6 Å². The van der Waals surface area contributed by atoms with Crippen molar-refractivity contribution in [3.63, 3.8) is 0 Å². The molecule has 8 heteroatoms. The molecule has 31 heavy (non-hydrogen) atoms. The summed E-state index contributed by atoms with van der Waals surface area (Å²) in [5.41, 5.74) is 4.61. The van der Waals surface area contributed by atoms with Gasteiger partial charge in [-0.05, 0) is 49.4 Å². The van der Waals surface area contributed by atoms with Crippen LogP contribution in [0.1, 0.15) is 21.5 Å². The van der Waals surface area contributed by atoms with Gasteiger partial charge in [-0.15, -0.1) is 0 Å². The third kappa shape index (κ3) is 6.48. The maximum Gasteiger partial charge on any atom is 0.271 e. The third-order valence-corrected chi connectivity index (χ3v) is 4.66. The number of carbonyl (C=O) groups is 2. The van der Waals surface area contributed by atoms with Gasteiger partial charge in [-0.3, -0.25) is 9.59 Å². The Morgan fingerprint density at radius 1 is 1.10 bits per heavy atom. The van der Waals surface area contributed by atoms with Gasteiger partial charge in [-0.1, -0.05) is 45.8 Å². The van der Waals surface area contributed by atoms with Crippen LogP contribution in [0, 0.1) is 12.7 Å². The first-order valence-electron chi connectivity index (χ1n) is 9.29. The molecule has 3 aromatic carbocycles. The Balaban J connectivity index is 1.62. The SMILES string of the molecule is Cc1ccc(C(=O)N/N=C/c2cc(Br)ccc2OCC(=O)Nc2ccccc2F)cc1. The van der Waals surface area contributed by atoms with Gasteiger partial charge in [0.2, 0.25) is 0 Å². The molecule has 0 spiro atoms. The van der Waals surface area contributed by atoms with Crippen molar-refractivity contribution in [3.05, 3.63) is 93.7 Å². The lowest BCUT2D eigenvalue weighted by Gasteiger charge is -2.10. The van der Waals surface area contributed by atoms with Crippen LogP contribution in [0.3, 0.4) is 0 Å². The van der Waals surface area contributed by atoms with Crippen LogP contribution >= 0.6 is 15.9 Å². The number of amides is 2. The lowest BCUT2D eigenvalue weighted by Crippen LogP contribution is -2.21. The Labute approximate surface area is 187 Å². The monoisotopic (exact) mass is 483 g/mol. The minimum absolute atomic E-state index is 0.0764. The fourth-order valence-corrected chi connectivity index (χ4v) is 2.95. The highest BCUT2D eigenvalue weighted by Gasteiger charge is 2.10. The molecule has 0 heterocycles. The number of halogens is 2. The summed E-state index contributed by atoms with van der Waals surface area (Å²) in [7, 11) is 0. The van der Waals surface area contributed by atoms with Gasteiger partial charge in [-0.2, -0.15) is 5.10 Å². The fourth-order valence-electron chi connectivity index (χ4n) is 2.57. The highest BCUT2D eigenvalue weighted by molar-refractivity contribution is 9.10. The molecule has 158 valence electrons. The van der Waals surface area contributed by atoms with Gasteiger partial charge in [0.25, 0.3) is 11.8 Å². The molecule has 0 aromatic heterocycles. The Bertz CT molecular complexity index is 1120. The standard InChI is InChI=1S/C23H19BrFN3O3/c1-15-6-8-16(9-7-15)23(30)28-26-13-17-12-18(24)10-11-21(17)31-14-22(29)27-20-5-3-2-4-19(20)25/h2-13H,14H2,1H3,(H,27,29)(H,28,30)/b26-13+. The predicted octanol–water partition coefficient (Wildman–Crippen LogP) is 4.68. The topological polar surface area (TPSA) is 79.8 Å². The van der Waals surface area contributed by atoms with Crippen molar-refractivity contribution in [2.75, 3.05) is 11.9 Å². The van der Waals surface area contributed by atoms with Crippen molar-refractivity contribution < 1.29 is 18.7 Å². The number of aryl methyl sites for hydroxylation is 1. The normalized spacial score (nSPS) is 10.7. The zero-order chi connectivity index (χ0) is 22.2. The van der Waals surface area contributed by atoms with E-state index in [9.17, 15) is 14.0 Å². The molecular formula is C23H19BrFN3O3. The number of hydrazone groups is 1. The molecule has 0 aliphatic heterocycles. The number of hydrogen-bond donors (Lipinski definition) is 2. The number of carbonyl (C=O) groups excluding carboxylic acids is 2. The van der Waals surface area contributed by atoms with E-state index >= 15 is 0 Å². The van der Waals surface area contributed by atoms with Crippen LogP contribution < -0.4 is 15.5 Å². The van der Waals surface area contributed by atoms with Crippen molar-refractivity contribution >= 4 is 39.6 Å². The summed E-state index contributed by atoms with van der Waals surface area (Å²) in [6.07, 6.45) is 1.42. The quantitative estimate of drug-likeness (QED) is 0.378. The summed E-state index contributed by atoms with van der Waals surface area (Å²) < 4.78 is 20.0. The molecular weight excluding hydrogens is 465 g/mol. The Kier molecular flexibility index (Phi) is 7.50. The van der Waals surface area contributed by atoms with Crippen molar-refractivity contribution in [1.29, 1.82) is 0 Å². The summed E-state index contributed by atoms with van der Waals surface area (Å²) in [5.74, 6) is -1.02. The number of ether oxygens (including phenoxy) is 1. The molecule has 0 atom stereocenters. The van der Waals surface area contributed by atoms with E-state index in [-0.39, 0.29) is 18.2 Å². The van der Waals surface area contributed by atoms with Crippen LogP contribution in [0.25, 0.3) is 0 Å². The summed E-state index contributed by atoms with van der Waals surface area (Å²) >= 11 is 3.37. The molecule has 6 nitrogen and oxygen atoms in total. The van der Waals surface area contributed by atoms with Crippen LogP contribution in [0.15, 0.2) is 76.3 Å². The maximum absolute atomic E-state index is 13.7. The highest BCUT2D eigenvalue weighted by atomic mass is 79.9. The third-order valence-electron chi connectivity index (χ3n) is 4.16. The van der Waals surface area contributed by atoms with Gasteiger partial charge >= 0.3 is 0 Å². The first kappa shape index (κ1) is 22.2. The van der Waals surface area contributed by atoms with Crippen molar-refractivity contribution in [2.45, 2.75) is 6.92 Å². The van der Waals surface area contributed by atoms with E-state index in [0.717, 1.165) is 10.0 Å². The van der Waals surface area contributed by atoms with Crippen LogP contribution in [0.4, 0.5) is 10.1 Å². The Morgan fingerprint density at radius 2 is 1.84 bits per heavy atom. The van der Waals surface area contributed by atoms with Gasteiger partial charge in [0.15, 0.2) is 6.61 Å². The van der Waals surface area contributed by atoms with Gasteiger partial charge < -0.3 is 10.1 Å². The van der Waals surface area contributed by atoms with E-state index in [1.54, 1.807) is 36.4 Å². The van der Waals surface area contributed by atoms with Crippen LogP contribution in [-0.2, 0) is 4.79 Å². The average Bonchev–Trinajstić information content (AvgIpc) is 2.75. The van der Waals surface area contributed by atoms with Gasteiger partial charge in [0.1, 0.15) is 11.6 Å². The van der Waals surface area contributed by atoms with Gasteiger partial charge in [-0.25, -0.2) is 9.82 Å². The zero-order valence-corrected chi connectivity index (χ0v) is 18.1. The van der Waals surface area contributed by atoms with E-state index in [1.807, 2.05) is 19.1 Å². The maximum atomic E-state index is 13.7.